The van der Waals surface area contributed by atoms with Crippen molar-refractivity contribution in [3.8, 4) is 0 Å². The average Bonchev–Trinajstić information content (AvgIpc) is 2.26. The summed E-state index contributed by atoms with van der Waals surface area (Å²) in [5.41, 5.74) is 0. The molecule has 29 heavy (non-hydrogen) atoms. The molecule has 0 saturated heterocycles. The van der Waals surface area contributed by atoms with E-state index in [1.807, 2.05) is 0 Å². The number of hydrogen-bond donors (Lipinski definition) is 7. The topological polar surface area (TPSA) is 303 Å². The van der Waals surface area contributed by atoms with Crippen molar-refractivity contribution in [2.75, 3.05) is 14.1 Å². The minimum atomic E-state index is -6.26. The molecule has 0 spiro atoms. The van der Waals surface area contributed by atoms with Gasteiger partial charge < -0.3 is 34.3 Å². The summed E-state index contributed by atoms with van der Waals surface area (Å²) < 4.78 is 89.2. The summed E-state index contributed by atoms with van der Waals surface area (Å²) in [6.45, 7) is 0. The average molecular weight is 573 g/mol. The third-order valence-corrected chi connectivity index (χ3v) is 11.3. The van der Waals surface area contributed by atoms with Gasteiger partial charge >= 0.3 is 46.9 Å². The molecule has 0 aliphatic heterocycles. The van der Waals surface area contributed by atoms with Crippen molar-refractivity contribution in [2.24, 2.45) is 0 Å². The van der Waals surface area contributed by atoms with Gasteiger partial charge in [0.2, 0.25) is 0 Å². The molecule has 0 rings (SSSR count). The van der Waals surface area contributed by atoms with E-state index in [1.165, 1.54) is 18.8 Å². The molecule has 0 aliphatic carbocycles. The second-order valence-corrected chi connectivity index (χ2v) is 15.1. The molecule has 27 heteroatoms. The van der Waals surface area contributed by atoms with Crippen LogP contribution in [0.5, 0.6) is 0 Å². The van der Waals surface area contributed by atoms with Crippen LogP contribution in [0.25, 0.3) is 0 Å². The Labute approximate surface area is 162 Å². The van der Waals surface area contributed by atoms with Gasteiger partial charge in [-0.1, -0.05) is 0 Å². The van der Waals surface area contributed by atoms with E-state index in [2.05, 4.69) is 25.9 Å². The smallest absolute Gasteiger partial charge is 0.302 e. The van der Waals surface area contributed by atoms with Gasteiger partial charge in [-0.2, -0.15) is 21.6 Å². The molecule has 0 radical (unpaired) electrons. The highest BCUT2D eigenvalue weighted by Crippen LogP contribution is 2.75. The maximum absolute atomic E-state index is 11.5. The quantitative estimate of drug-likeness (QED) is 0.150. The predicted octanol–water partition coefficient (Wildman–Crippen LogP) is 0.751. The van der Waals surface area contributed by atoms with Gasteiger partial charge in [0.25, 0.3) is 0 Å². The van der Waals surface area contributed by atoms with Gasteiger partial charge in [-0.25, -0.2) is 27.4 Å². The van der Waals surface area contributed by atoms with Crippen LogP contribution in [0.2, 0.25) is 0 Å². The molecular formula is C2H14NO19P7. The Balaban J connectivity index is 5.21. The lowest BCUT2D eigenvalue weighted by Gasteiger charge is -2.20. The van der Waals surface area contributed by atoms with Gasteiger partial charge in [-0.15, -0.1) is 0 Å². The lowest BCUT2D eigenvalue weighted by Crippen LogP contribution is -2.00. The van der Waals surface area contributed by atoms with Gasteiger partial charge in [0.15, 0.2) is 0 Å². The number of nitrogens with zero attached hydrogens (tertiary/aromatic N) is 1. The molecule has 0 aromatic rings. The van der Waals surface area contributed by atoms with Crippen LogP contribution >= 0.6 is 55.9 Å². The van der Waals surface area contributed by atoms with E-state index in [0.29, 0.717) is 0 Å². The molecule has 0 aromatic heterocycles. The van der Waals surface area contributed by atoms with E-state index in [9.17, 15) is 27.4 Å². The van der Waals surface area contributed by atoms with Crippen molar-refractivity contribution >= 4 is 55.9 Å². The highest BCUT2D eigenvalue weighted by Gasteiger charge is 2.49. The molecule has 0 bridgehead atoms. The van der Waals surface area contributed by atoms with E-state index in [0.717, 1.165) is 0 Å². The van der Waals surface area contributed by atoms with E-state index in [1.54, 1.807) is 0 Å². The first-order chi connectivity index (χ1) is 12.5. The maximum atomic E-state index is 11.5. The molecule has 0 aromatic carbocycles. The molecule has 6 unspecified atom stereocenters. The van der Waals surface area contributed by atoms with Crippen LogP contribution in [0.15, 0.2) is 0 Å². The summed E-state index contributed by atoms with van der Waals surface area (Å²) >= 11 is 0. The zero-order valence-electron chi connectivity index (χ0n) is 13.7. The maximum Gasteiger partial charge on any atom is 0.490 e. The third-order valence-electron chi connectivity index (χ3n) is 1.37. The summed E-state index contributed by atoms with van der Waals surface area (Å²) in [4.78, 5) is 62.0. The second kappa shape index (κ2) is 10.5. The lowest BCUT2D eigenvalue weighted by molar-refractivity contribution is 0.185. The van der Waals surface area contributed by atoms with Gasteiger partial charge in [0, 0.05) is 0 Å². The van der Waals surface area contributed by atoms with Crippen LogP contribution in [-0.2, 0) is 53.3 Å². The molecule has 6 atom stereocenters. The Morgan fingerprint density at radius 2 is 0.828 bits per heavy atom. The highest BCUT2D eigenvalue weighted by molar-refractivity contribution is 7.72. The number of phosphoric acid groups is 6. The number of hydrogen-bond acceptors (Lipinski definition) is 13. The van der Waals surface area contributed by atoms with E-state index < -0.39 is 55.9 Å². The molecule has 0 heterocycles. The van der Waals surface area contributed by atoms with Crippen LogP contribution in [0, 0.1) is 0 Å². The van der Waals surface area contributed by atoms with E-state index in [4.69, 9.17) is 34.3 Å². The van der Waals surface area contributed by atoms with E-state index >= 15 is 0 Å². The fourth-order valence-electron chi connectivity index (χ4n) is 0.866. The summed E-state index contributed by atoms with van der Waals surface area (Å²) in [6, 6.07) is 0. The van der Waals surface area contributed by atoms with Gasteiger partial charge in [0.1, 0.15) is 8.96 Å². The highest BCUT2D eigenvalue weighted by atomic mass is 31.3. The standard InChI is InChI=1S/C2H14NO19P7/c1-3(2)23-17-25(7,8)19-27(11,12)21-29(15,16)22-28(13,14)20-26(9,10)18-24(4,5)6/h23H,1-2H3,(H,7,8)(H,9,10)(H,11,12)(H,13,14)(H,15,16)(H2,4,5,6). The molecule has 20 nitrogen and oxygen atoms in total. The molecule has 0 aliphatic rings. The largest absolute Gasteiger partial charge is 0.490 e. The Hall–Kier alpha value is 1.25. The molecule has 0 saturated carbocycles. The zero-order valence-corrected chi connectivity index (χ0v) is 20.0. The molecular weight excluding hydrogens is 559 g/mol. The molecule has 0 amide bonds. The van der Waals surface area contributed by atoms with Crippen molar-refractivity contribution in [1.82, 2.24) is 4.67 Å². The lowest BCUT2D eigenvalue weighted by atomic mass is 11.3. The van der Waals surface area contributed by atoms with Crippen LogP contribution in [0.1, 0.15) is 0 Å². The zero-order chi connectivity index (χ0) is 23.5. The Morgan fingerprint density at radius 3 is 1.10 bits per heavy atom. The van der Waals surface area contributed by atoms with Crippen molar-refractivity contribution in [3.05, 3.63) is 0 Å². The van der Waals surface area contributed by atoms with Crippen LogP contribution in [-0.4, -0.2) is 53.0 Å². The SMILES string of the molecule is CN(C)POP(=O)(O)OP(=O)(O)OP(=O)(O)OP(=O)(O)OP(=O)(O)OP(=O)(O)O. The van der Waals surface area contributed by atoms with Crippen molar-refractivity contribution < 1.29 is 87.5 Å². The summed E-state index contributed by atoms with van der Waals surface area (Å²) in [7, 11) is -34.0. The summed E-state index contributed by atoms with van der Waals surface area (Å²) in [6.07, 6.45) is 0. The van der Waals surface area contributed by atoms with Crippen molar-refractivity contribution in [3.63, 3.8) is 0 Å². The molecule has 176 valence electrons. The van der Waals surface area contributed by atoms with E-state index in [-0.39, 0.29) is 0 Å². The minimum Gasteiger partial charge on any atom is -0.302 e. The first-order valence-electron chi connectivity index (χ1n) is 5.83. The fraction of sp³-hybridized carbons (Fsp3) is 1.00. The Kier molecular flexibility index (Phi) is 10.9. The Morgan fingerprint density at radius 1 is 0.552 bits per heavy atom. The van der Waals surface area contributed by atoms with Crippen LogP contribution in [0.4, 0.5) is 0 Å². The first kappa shape index (κ1) is 30.2. The van der Waals surface area contributed by atoms with Crippen LogP contribution < -0.4 is 0 Å². The van der Waals surface area contributed by atoms with Gasteiger partial charge in [-0.05, 0) is 14.1 Å². The normalized spacial score (nSPS) is 23.8. The fourth-order valence-corrected chi connectivity index (χ4v) is 9.16. The third kappa shape index (κ3) is 15.7. The Bertz CT molecular complexity index is 853. The van der Waals surface area contributed by atoms with Crippen molar-refractivity contribution in [2.45, 2.75) is 0 Å². The van der Waals surface area contributed by atoms with Gasteiger partial charge in [0.05, 0.1) is 0 Å². The van der Waals surface area contributed by atoms with Crippen molar-refractivity contribution in [1.29, 1.82) is 0 Å². The van der Waals surface area contributed by atoms with Crippen LogP contribution in [0.3, 0.4) is 0 Å². The first-order valence-corrected chi connectivity index (χ1v) is 15.7. The monoisotopic (exact) mass is 573 g/mol. The summed E-state index contributed by atoms with van der Waals surface area (Å²) in [5, 5.41) is 0. The molecule has 0 fully saturated rings. The van der Waals surface area contributed by atoms with Gasteiger partial charge in [-0.3, -0.25) is 8.98 Å². The summed E-state index contributed by atoms with van der Waals surface area (Å²) in [5.74, 6) is 0. The molecule has 7 N–H and O–H groups in total. The minimum absolute atomic E-state index is 0.903. The predicted molar refractivity (Wildman–Crippen MR) is 89.7 cm³/mol. The number of rotatable bonds is 13. The second-order valence-electron chi connectivity index (χ2n) is 4.32.